The molecule has 1 rings (SSSR count). The van der Waals surface area contributed by atoms with Crippen LogP contribution in [0, 0.1) is 0 Å². The lowest BCUT2D eigenvalue weighted by Gasteiger charge is -2.30. The number of carbonyl (C=O) groups is 2. The molecule has 0 aromatic rings. The summed E-state index contributed by atoms with van der Waals surface area (Å²) >= 11 is 0. The normalized spacial score (nSPS) is 18.8. The zero-order chi connectivity index (χ0) is 15.7. The highest BCUT2D eigenvalue weighted by Crippen LogP contribution is 2.08. The lowest BCUT2D eigenvalue weighted by molar-refractivity contribution is -0.121. The van der Waals surface area contributed by atoms with Crippen molar-refractivity contribution in [2.24, 2.45) is 0 Å². The molecule has 0 aromatic carbocycles. The van der Waals surface area contributed by atoms with Gasteiger partial charge in [-0.15, -0.1) is 0 Å². The van der Waals surface area contributed by atoms with E-state index in [4.69, 9.17) is 0 Å². The SMILES string of the molecule is CCCN(CC(=O)NC(=O)NC(C)C)CC1CCCCN1. The topological polar surface area (TPSA) is 73.5 Å². The fraction of sp³-hybridized carbons (Fsp3) is 0.867. The molecule has 3 N–H and O–H groups in total. The van der Waals surface area contributed by atoms with Crippen LogP contribution in [0.5, 0.6) is 0 Å². The van der Waals surface area contributed by atoms with Gasteiger partial charge >= 0.3 is 6.03 Å². The van der Waals surface area contributed by atoms with Crippen molar-refractivity contribution in [1.29, 1.82) is 0 Å². The molecule has 1 aliphatic rings. The minimum Gasteiger partial charge on any atom is -0.336 e. The number of piperidine rings is 1. The highest BCUT2D eigenvalue weighted by Gasteiger charge is 2.19. The van der Waals surface area contributed by atoms with E-state index in [1.54, 1.807) is 0 Å². The van der Waals surface area contributed by atoms with E-state index >= 15 is 0 Å². The number of rotatable bonds is 7. The van der Waals surface area contributed by atoms with Crippen LogP contribution >= 0.6 is 0 Å². The van der Waals surface area contributed by atoms with Crippen molar-refractivity contribution >= 4 is 11.9 Å². The van der Waals surface area contributed by atoms with E-state index in [1.807, 2.05) is 13.8 Å². The number of urea groups is 1. The summed E-state index contributed by atoms with van der Waals surface area (Å²) in [6.45, 7) is 8.91. The molecule has 1 saturated heterocycles. The maximum atomic E-state index is 11.9. The van der Waals surface area contributed by atoms with Gasteiger partial charge in [-0.1, -0.05) is 13.3 Å². The molecule has 3 amide bonds. The van der Waals surface area contributed by atoms with E-state index in [0.29, 0.717) is 6.04 Å². The predicted octanol–water partition coefficient (Wildman–Crippen LogP) is 1.07. The van der Waals surface area contributed by atoms with Gasteiger partial charge in [0.2, 0.25) is 5.91 Å². The van der Waals surface area contributed by atoms with E-state index in [0.717, 1.165) is 32.5 Å². The first-order chi connectivity index (χ1) is 10.0. The Kier molecular flexibility index (Phi) is 8.30. The van der Waals surface area contributed by atoms with Crippen LogP contribution in [0.1, 0.15) is 46.5 Å². The Morgan fingerprint density at radius 3 is 2.67 bits per heavy atom. The molecule has 0 aliphatic carbocycles. The number of carbonyl (C=O) groups excluding carboxylic acids is 2. The van der Waals surface area contributed by atoms with Crippen molar-refractivity contribution in [1.82, 2.24) is 20.9 Å². The minimum absolute atomic E-state index is 0.0241. The van der Waals surface area contributed by atoms with Crippen molar-refractivity contribution in [3.63, 3.8) is 0 Å². The molecular weight excluding hydrogens is 268 g/mol. The number of nitrogens with zero attached hydrogens (tertiary/aromatic N) is 1. The third kappa shape index (κ3) is 8.02. The number of nitrogens with one attached hydrogen (secondary N) is 3. The summed E-state index contributed by atoms with van der Waals surface area (Å²) in [6.07, 6.45) is 4.65. The number of amides is 3. The molecule has 0 saturated carbocycles. The molecule has 122 valence electrons. The minimum atomic E-state index is -0.415. The predicted molar refractivity (Wildman–Crippen MR) is 84.2 cm³/mol. The van der Waals surface area contributed by atoms with Crippen LogP contribution in [0.15, 0.2) is 0 Å². The van der Waals surface area contributed by atoms with Crippen LogP contribution in [0.3, 0.4) is 0 Å². The van der Waals surface area contributed by atoms with Gasteiger partial charge in [-0.3, -0.25) is 15.0 Å². The van der Waals surface area contributed by atoms with E-state index in [9.17, 15) is 9.59 Å². The summed E-state index contributed by atoms with van der Waals surface area (Å²) in [4.78, 5) is 25.6. The van der Waals surface area contributed by atoms with Gasteiger partial charge in [0, 0.05) is 18.6 Å². The summed E-state index contributed by atoms with van der Waals surface area (Å²) in [6, 6.07) is 0.0702. The number of hydrogen-bond acceptors (Lipinski definition) is 4. The quantitative estimate of drug-likeness (QED) is 0.657. The first kappa shape index (κ1) is 17.9. The third-order valence-corrected chi connectivity index (χ3v) is 3.47. The molecule has 1 fully saturated rings. The molecule has 1 heterocycles. The van der Waals surface area contributed by atoms with Gasteiger partial charge in [0.1, 0.15) is 0 Å². The van der Waals surface area contributed by atoms with Crippen LogP contribution in [0.2, 0.25) is 0 Å². The molecule has 1 unspecified atom stereocenters. The van der Waals surface area contributed by atoms with Gasteiger partial charge in [0.05, 0.1) is 6.54 Å². The fourth-order valence-electron chi connectivity index (χ4n) is 2.61. The van der Waals surface area contributed by atoms with E-state index in [-0.39, 0.29) is 18.5 Å². The largest absolute Gasteiger partial charge is 0.336 e. The Morgan fingerprint density at radius 2 is 2.10 bits per heavy atom. The average Bonchev–Trinajstić information content (AvgIpc) is 2.38. The first-order valence-electron chi connectivity index (χ1n) is 8.07. The Bertz CT molecular complexity index is 328. The van der Waals surface area contributed by atoms with Gasteiger partial charge in [-0.25, -0.2) is 4.79 Å². The van der Waals surface area contributed by atoms with Crippen molar-refractivity contribution in [3.05, 3.63) is 0 Å². The first-order valence-corrected chi connectivity index (χ1v) is 8.07. The number of hydrogen-bond donors (Lipinski definition) is 3. The van der Waals surface area contributed by atoms with Gasteiger partial charge in [-0.05, 0) is 46.2 Å². The van der Waals surface area contributed by atoms with Crippen molar-refractivity contribution in [2.45, 2.75) is 58.5 Å². The molecule has 1 atom stereocenters. The van der Waals surface area contributed by atoms with E-state index in [2.05, 4.69) is 27.8 Å². The second-order valence-corrected chi connectivity index (χ2v) is 6.06. The molecule has 6 heteroatoms. The summed E-state index contributed by atoms with van der Waals surface area (Å²) < 4.78 is 0. The van der Waals surface area contributed by atoms with Gasteiger partial charge in [0.15, 0.2) is 0 Å². The third-order valence-electron chi connectivity index (χ3n) is 3.47. The van der Waals surface area contributed by atoms with Gasteiger partial charge in [0.25, 0.3) is 0 Å². The molecule has 0 radical (unpaired) electrons. The standard InChI is InChI=1S/C15H30N4O2/c1-4-9-19(10-13-7-5-6-8-16-13)11-14(20)18-15(21)17-12(2)3/h12-13,16H,4-11H2,1-3H3,(H2,17,18,20,21). The smallest absolute Gasteiger partial charge is 0.321 e. The van der Waals surface area contributed by atoms with Crippen LogP contribution in [0.25, 0.3) is 0 Å². The van der Waals surface area contributed by atoms with Gasteiger partial charge < -0.3 is 10.6 Å². The van der Waals surface area contributed by atoms with E-state index < -0.39 is 6.03 Å². The van der Waals surface area contributed by atoms with Crippen LogP contribution in [0.4, 0.5) is 4.79 Å². The molecular formula is C15H30N4O2. The Labute approximate surface area is 128 Å². The van der Waals surface area contributed by atoms with Crippen LogP contribution in [-0.2, 0) is 4.79 Å². The maximum Gasteiger partial charge on any atom is 0.321 e. The van der Waals surface area contributed by atoms with E-state index in [1.165, 1.54) is 12.8 Å². The second-order valence-electron chi connectivity index (χ2n) is 6.06. The summed E-state index contributed by atoms with van der Waals surface area (Å²) in [5, 5.41) is 8.54. The zero-order valence-electron chi connectivity index (χ0n) is 13.6. The lowest BCUT2D eigenvalue weighted by Crippen LogP contribution is -2.49. The Balaban J connectivity index is 2.37. The highest BCUT2D eigenvalue weighted by molar-refractivity contribution is 5.95. The molecule has 1 aliphatic heterocycles. The maximum absolute atomic E-state index is 11.9. The van der Waals surface area contributed by atoms with Crippen molar-refractivity contribution < 1.29 is 9.59 Å². The monoisotopic (exact) mass is 298 g/mol. The molecule has 21 heavy (non-hydrogen) atoms. The molecule has 0 spiro atoms. The summed E-state index contributed by atoms with van der Waals surface area (Å²) in [5.74, 6) is -0.239. The van der Waals surface area contributed by atoms with Gasteiger partial charge in [-0.2, -0.15) is 0 Å². The lowest BCUT2D eigenvalue weighted by atomic mass is 10.0. The zero-order valence-corrected chi connectivity index (χ0v) is 13.6. The second kappa shape index (κ2) is 9.73. The Morgan fingerprint density at radius 1 is 1.33 bits per heavy atom. The average molecular weight is 298 g/mol. The fourth-order valence-corrected chi connectivity index (χ4v) is 2.61. The van der Waals surface area contributed by atoms with Crippen LogP contribution < -0.4 is 16.0 Å². The summed E-state index contributed by atoms with van der Waals surface area (Å²) in [7, 11) is 0. The molecule has 0 aromatic heterocycles. The van der Waals surface area contributed by atoms with Crippen molar-refractivity contribution in [3.8, 4) is 0 Å². The Hall–Kier alpha value is -1.14. The van der Waals surface area contributed by atoms with Crippen molar-refractivity contribution in [2.75, 3.05) is 26.2 Å². The van der Waals surface area contributed by atoms with Crippen LogP contribution in [-0.4, -0.2) is 55.1 Å². The molecule has 6 nitrogen and oxygen atoms in total. The molecule has 0 bridgehead atoms. The number of imide groups is 1. The highest BCUT2D eigenvalue weighted by atomic mass is 16.2. The summed E-state index contributed by atoms with van der Waals surface area (Å²) in [5.41, 5.74) is 0.